The number of aromatic nitrogens is 1. The van der Waals surface area contributed by atoms with Gasteiger partial charge in [0, 0.05) is 43.3 Å². The Labute approximate surface area is 192 Å². The number of nitro benzene ring substituents is 1. The third kappa shape index (κ3) is 6.68. The first-order valence-corrected chi connectivity index (χ1v) is 11.2. The van der Waals surface area contributed by atoms with Crippen LogP contribution >= 0.6 is 0 Å². The fourth-order valence-corrected chi connectivity index (χ4v) is 4.19. The highest BCUT2D eigenvalue weighted by atomic mass is 16.6. The average Bonchev–Trinajstić information content (AvgIpc) is 2.82. The maximum atomic E-state index is 11.3. The molecule has 2 aromatic rings. The van der Waals surface area contributed by atoms with Crippen molar-refractivity contribution in [2.24, 2.45) is 0 Å². The zero-order valence-electron chi connectivity index (χ0n) is 18.5. The van der Waals surface area contributed by atoms with Gasteiger partial charge < -0.3 is 25.7 Å². The lowest BCUT2D eigenvalue weighted by molar-refractivity contribution is -0.384. The van der Waals surface area contributed by atoms with Gasteiger partial charge in [-0.2, -0.15) is 0 Å². The van der Waals surface area contributed by atoms with Crippen molar-refractivity contribution >= 4 is 11.4 Å². The molecule has 0 bridgehead atoms. The van der Waals surface area contributed by atoms with E-state index in [0.29, 0.717) is 18.8 Å². The summed E-state index contributed by atoms with van der Waals surface area (Å²) in [6, 6.07) is 8.01. The zero-order valence-corrected chi connectivity index (χ0v) is 18.5. The number of hydrogen-bond acceptors (Lipinski definition) is 9. The number of likely N-dealkylation sites (tertiary alicyclic amines) is 1. The third-order valence-corrected chi connectivity index (χ3v) is 6.06. The van der Waals surface area contributed by atoms with Crippen LogP contribution in [0, 0.1) is 10.1 Å². The highest BCUT2D eigenvalue weighted by Gasteiger charge is 2.40. The summed E-state index contributed by atoms with van der Waals surface area (Å²) in [4.78, 5) is 16.7. The maximum Gasteiger partial charge on any atom is 0.272 e. The van der Waals surface area contributed by atoms with E-state index in [-0.39, 0.29) is 18.8 Å². The minimum absolute atomic E-state index is 0.0290. The molecule has 1 fully saturated rings. The van der Waals surface area contributed by atoms with Crippen LogP contribution in [0.4, 0.5) is 11.4 Å². The van der Waals surface area contributed by atoms with E-state index < -0.39 is 29.3 Å². The summed E-state index contributed by atoms with van der Waals surface area (Å²) in [6.45, 7) is 1.22. The smallest absolute Gasteiger partial charge is 0.272 e. The number of nitro groups is 1. The first-order chi connectivity index (χ1) is 15.9. The molecule has 4 atom stereocenters. The Hall–Kier alpha value is -2.63. The van der Waals surface area contributed by atoms with E-state index in [9.17, 15) is 30.5 Å². The number of unbranched alkanes of at least 4 members (excludes halogenated alkanes) is 3. The summed E-state index contributed by atoms with van der Waals surface area (Å²) in [5.74, 6) is 0. The molecule has 0 saturated carbocycles. The largest absolute Gasteiger partial charge is 0.395 e. The fourth-order valence-electron chi connectivity index (χ4n) is 4.19. The Kier molecular flexibility index (Phi) is 9.10. The lowest BCUT2D eigenvalue weighted by Crippen LogP contribution is -2.62. The van der Waals surface area contributed by atoms with Crippen LogP contribution in [-0.4, -0.2) is 85.8 Å². The van der Waals surface area contributed by atoms with Crippen LogP contribution in [0.1, 0.15) is 25.7 Å². The second kappa shape index (κ2) is 12.0. The highest BCUT2D eigenvalue weighted by molar-refractivity contribution is 5.71. The molecular weight excluding hydrogens is 428 g/mol. The molecule has 5 N–H and O–H groups in total. The molecule has 33 heavy (non-hydrogen) atoms. The van der Waals surface area contributed by atoms with E-state index in [0.717, 1.165) is 36.8 Å². The first-order valence-electron chi connectivity index (χ1n) is 11.2. The Morgan fingerprint density at radius 1 is 1.03 bits per heavy atom. The number of β-amino-alcohol motifs (C(OH)–C–C–N with tert-alkyl or cyclic N) is 1. The summed E-state index contributed by atoms with van der Waals surface area (Å²) in [5.41, 5.74) is 2.33. The van der Waals surface area contributed by atoms with Crippen LogP contribution < -0.4 is 5.32 Å². The van der Waals surface area contributed by atoms with E-state index in [1.807, 2.05) is 23.1 Å². The lowest BCUT2D eigenvalue weighted by atomic mass is 9.94. The number of nitrogens with one attached hydrogen (secondary N) is 1. The van der Waals surface area contributed by atoms with Gasteiger partial charge in [0.25, 0.3) is 5.69 Å². The van der Waals surface area contributed by atoms with Crippen molar-refractivity contribution in [3.05, 3.63) is 52.8 Å². The number of piperidine rings is 1. The number of nitrogens with zero attached hydrogens (tertiary/aromatic N) is 3. The molecule has 10 nitrogen and oxygen atoms in total. The predicted octanol–water partition coefficient (Wildman–Crippen LogP) is 1.39. The second-order valence-electron chi connectivity index (χ2n) is 8.40. The van der Waals surface area contributed by atoms with Gasteiger partial charge in [-0.25, -0.2) is 0 Å². The van der Waals surface area contributed by atoms with Crippen LogP contribution in [0.2, 0.25) is 0 Å². The molecule has 0 spiro atoms. The van der Waals surface area contributed by atoms with Gasteiger partial charge in [-0.05, 0) is 48.7 Å². The molecule has 1 saturated heterocycles. The van der Waals surface area contributed by atoms with Gasteiger partial charge in [0.05, 0.1) is 23.7 Å². The lowest BCUT2D eigenvalue weighted by Gasteiger charge is -2.43. The van der Waals surface area contributed by atoms with Gasteiger partial charge in [0.2, 0.25) is 0 Å². The number of pyridine rings is 1. The fraction of sp³-hybridized carbons (Fsp3) is 0.522. The van der Waals surface area contributed by atoms with Gasteiger partial charge in [-0.15, -0.1) is 0 Å². The van der Waals surface area contributed by atoms with E-state index in [2.05, 4.69) is 10.3 Å². The average molecular weight is 461 g/mol. The van der Waals surface area contributed by atoms with E-state index in [1.54, 1.807) is 18.5 Å². The molecule has 1 aliphatic heterocycles. The number of benzene rings is 1. The van der Waals surface area contributed by atoms with Gasteiger partial charge in [0.15, 0.2) is 0 Å². The van der Waals surface area contributed by atoms with Gasteiger partial charge in [-0.1, -0.05) is 12.8 Å². The molecule has 10 heteroatoms. The molecule has 0 radical (unpaired) electrons. The maximum absolute atomic E-state index is 11.3. The van der Waals surface area contributed by atoms with Crippen molar-refractivity contribution in [1.29, 1.82) is 0 Å². The molecule has 2 heterocycles. The topological polar surface area (TPSA) is 152 Å². The van der Waals surface area contributed by atoms with Crippen LogP contribution in [-0.2, 0) is 0 Å². The molecule has 180 valence electrons. The van der Waals surface area contributed by atoms with Crippen molar-refractivity contribution < 1.29 is 25.3 Å². The van der Waals surface area contributed by atoms with E-state index >= 15 is 0 Å². The summed E-state index contributed by atoms with van der Waals surface area (Å²) >= 11 is 0. The number of anilines is 1. The molecular formula is C23H32N4O6. The normalized spacial score (nSPS) is 23.4. The first kappa shape index (κ1) is 25.0. The number of hydrogen-bond donors (Lipinski definition) is 5. The quantitative estimate of drug-likeness (QED) is 0.190. The minimum Gasteiger partial charge on any atom is -0.395 e. The van der Waals surface area contributed by atoms with Crippen molar-refractivity contribution in [3.8, 4) is 11.1 Å². The van der Waals surface area contributed by atoms with E-state index in [4.69, 9.17) is 0 Å². The number of non-ortho nitro benzene ring substituents is 1. The zero-order chi connectivity index (χ0) is 23.8. The Balaban J connectivity index is 1.44. The molecule has 3 rings (SSSR count). The third-order valence-electron chi connectivity index (χ3n) is 6.06. The summed E-state index contributed by atoms with van der Waals surface area (Å²) in [7, 11) is 0. The molecule has 0 aliphatic carbocycles. The monoisotopic (exact) mass is 460 g/mol. The predicted molar refractivity (Wildman–Crippen MR) is 124 cm³/mol. The summed E-state index contributed by atoms with van der Waals surface area (Å²) < 4.78 is 0. The molecule has 1 aromatic heterocycles. The van der Waals surface area contributed by atoms with Gasteiger partial charge in [-0.3, -0.25) is 20.0 Å². The standard InChI is InChI=1S/C23H32N4O6/c28-15-20-22(30)23(31)21(29)14-26(20)10-4-2-1-3-7-25-18-11-17(12-19(13-18)27(32)33)16-5-8-24-9-6-16/h5-6,8-9,11-13,20-23,25,28-31H,1-4,7,10,14-15H2/t20-,21+,22-,23-/m0/s1. The Bertz CT molecular complexity index is 900. The molecule has 1 aliphatic rings. The molecule has 0 amide bonds. The Morgan fingerprint density at radius 3 is 2.45 bits per heavy atom. The summed E-state index contributed by atoms with van der Waals surface area (Å²) in [5, 5.41) is 53.8. The van der Waals surface area contributed by atoms with Gasteiger partial charge >= 0.3 is 0 Å². The number of aliphatic hydroxyl groups is 4. The van der Waals surface area contributed by atoms with Crippen LogP contribution in [0.25, 0.3) is 11.1 Å². The number of rotatable bonds is 11. The second-order valence-corrected chi connectivity index (χ2v) is 8.40. The minimum atomic E-state index is -1.24. The highest BCUT2D eigenvalue weighted by Crippen LogP contribution is 2.28. The Morgan fingerprint density at radius 2 is 1.76 bits per heavy atom. The van der Waals surface area contributed by atoms with Crippen molar-refractivity contribution in [1.82, 2.24) is 9.88 Å². The van der Waals surface area contributed by atoms with Crippen molar-refractivity contribution in [3.63, 3.8) is 0 Å². The van der Waals surface area contributed by atoms with Crippen LogP contribution in [0.15, 0.2) is 42.7 Å². The van der Waals surface area contributed by atoms with Crippen molar-refractivity contribution in [2.45, 2.75) is 50.0 Å². The number of aliphatic hydroxyl groups excluding tert-OH is 4. The van der Waals surface area contributed by atoms with Crippen LogP contribution in [0.5, 0.6) is 0 Å². The van der Waals surface area contributed by atoms with Crippen LogP contribution in [0.3, 0.4) is 0 Å². The SMILES string of the molecule is O=[N+]([O-])c1cc(NCCCCCCN2C[C@@H](O)[C@H](O)[C@@H](O)[C@@H]2CO)cc(-c2ccncc2)c1. The van der Waals surface area contributed by atoms with E-state index in [1.165, 1.54) is 6.07 Å². The van der Waals surface area contributed by atoms with Gasteiger partial charge in [0.1, 0.15) is 12.2 Å². The molecule has 1 aromatic carbocycles. The summed E-state index contributed by atoms with van der Waals surface area (Å²) in [6.07, 6.45) is 3.42. The molecule has 0 unspecified atom stereocenters. The van der Waals surface area contributed by atoms with Crippen molar-refractivity contribution in [2.75, 3.05) is 31.6 Å².